The van der Waals surface area contributed by atoms with Crippen LogP contribution in [0, 0.1) is 13.8 Å². The Morgan fingerprint density at radius 1 is 1.29 bits per heavy atom. The molecule has 3 rings (SSSR count). The summed E-state index contributed by atoms with van der Waals surface area (Å²) in [4.78, 5) is 33.5. The van der Waals surface area contributed by atoms with Crippen LogP contribution >= 0.6 is 0 Å². The molecule has 1 aliphatic heterocycles. The number of aryl methyl sites for hydroxylation is 2. The molecule has 0 radical (unpaired) electrons. The summed E-state index contributed by atoms with van der Waals surface area (Å²) < 4.78 is 0. The molecule has 0 saturated carbocycles. The average Bonchev–Trinajstić information content (AvgIpc) is 3.12. The van der Waals surface area contributed by atoms with Crippen LogP contribution in [-0.4, -0.2) is 69.0 Å². The second kappa shape index (κ2) is 7.93. The van der Waals surface area contributed by atoms with Gasteiger partial charge in [0.15, 0.2) is 0 Å². The Bertz CT molecular complexity index is 898. The van der Waals surface area contributed by atoms with E-state index in [-0.39, 0.29) is 11.3 Å². The van der Waals surface area contributed by atoms with E-state index in [9.17, 15) is 14.7 Å². The standard InChI is InChI=1S/C20H25N5O3/c1-12-15(13(2)23-22-12)18(26)16-17(14-8-5-6-9-21-14)25(20(28)19(16)27)11-7-10-24(3)4/h5-6,8-9,17,26H,7,10-11H2,1-4H3,(H,22,23). The molecule has 0 spiro atoms. The number of nitrogens with zero attached hydrogens (tertiary/aromatic N) is 4. The predicted molar refractivity (Wildman–Crippen MR) is 104 cm³/mol. The lowest BCUT2D eigenvalue weighted by molar-refractivity contribution is -0.140. The van der Waals surface area contributed by atoms with Crippen molar-refractivity contribution in [1.82, 2.24) is 25.0 Å². The van der Waals surface area contributed by atoms with Crippen molar-refractivity contribution in [3.8, 4) is 0 Å². The van der Waals surface area contributed by atoms with Crippen LogP contribution in [-0.2, 0) is 9.59 Å². The summed E-state index contributed by atoms with van der Waals surface area (Å²) in [6.45, 7) is 4.67. The topological polar surface area (TPSA) is 102 Å². The molecule has 0 bridgehead atoms. The van der Waals surface area contributed by atoms with E-state index in [1.807, 2.05) is 19.0 Å². The summed E-state index contributed by atoms with van der Waals surface area (Å²) in [6, 6.07) is 4.61. The van der Waals surface area contributed by atoms with E-state index < -0.39 is 17.7 Å². The number of aromatic amines is 1. The van der Waals surface area contributed by atoms with Gasteiger partial charge in [0.2, 0.25) is 0 Å². The zero-order valence-electron chi connectivity index (χ0n) is 16.6. The van der Waals surface area contributed by atoms with Crippen LogP contribution in [0.25, 0.3) is 5.76 Å². The lowest BCUT2D eigenvalue weighted by atomic mass is 9.97. The minimum atomic E-state index is -0.725. The van der Waals surface area contributed by atoms with Crippen LogP contribution in [0.3, 0.4) is 0 Å². The van der Waals surface area contributed by atoms with E-state index >= 15 is 0 Å². The zero-order chi connectivity index (χ0) is 20.4. The van der Waals surface area contributed by atoms with E-state index in [4.69, 9.17) is 0 Å². The van der Waals surface area contributed by atoms with Crippen LogP contribution in [0.4, 0.5) is 0 Å². The number of likely N-dealkylation sites (tertiary alicyclic amines) is 1. The van der Waals surface area contributed by atoms with Crippen LogP contribution in [0.5, 0.6) is 0 Å². The lowest BCUT2D eigenvalue weighted by Crippen LogP contribution is -2.32. The summed E-state index contributed by atoms with van der Waals surface area (Å²) in [5.74, 6) is -1.53. The lowest BCUT2D eigenvalue weighted by Gasteiger charge is -2.25. The molecule has 8 heteroatoms. The van der Waals surface area contributed by atoms with Gasteiger partial charge in [-0.25, -0.2) is 0 Å². The molecule has 2 N–H and O–H groups in total. The fourth-order valence-corrected chi connectivity index (χ4v) is 3.55. The normalized spacial score (nSPS) is 19.0. The number of nitrogens with one attached hydrogen (secondary N) is 1. The van der Waals surface area contributed by atoms with E-state index in [0.717, 1.165) is 6.54 Å². The number of aliphatic hydroxyl groups excluding tert-OH is 1. The number of Topliss-reactive ketones (excluding diaryl/α,β-unsaturated/α-hetero) is 1. The van der Waals surface area contributed by atoms with Gasteiger partial charge in [-0.1, -0.05) is 6.07 Å². The van der Waals surface area contributed by atoms with Crippen LogP contribution in [0.15, 0.2) is 30.0 Å². The predicted octanol–water partition coefficient (Wildman–Crippen LogP) is 1.79. The first-order valence-electron chi connectivity index (χ1n) is 9.19. The third kappa shape index (κ3) is 3.55. The van der Waals surface area contributed by atoms with Gasteiger partial charge in [-0.2, -0.15) is 5.10 Å². The fourth-order valence-electron chi connectivity index (χ4n) is 3.55. The Morgan fingerprint density at radius 3 is 2.61 bits per heavy atom. The van der Waals surface area contributed by atoms with E-state index in [1.54, 1.807) is 38.2 Å². The largest absolute Gasteiger partial charge is 0.507 e. The second-order valence-corrected chi connectivity index (χ2v) is 7.21. The van der Waals surface area contributed by atoms with Crippen LogP contribution in [0.1, 0.15) is 35.1 Å². The van der Waals surface area contributed by atoms with Gasteiger partial charge in [0, 0.05) is 18.4 Å². The van der Waals surface area contributed by atoms with Gasteiger partial charge in [-0.3, -0.25) is 19.7 Å². The van der Waals surface area contributed by atoms with Crippen molar-refractivity contribution >= 4 is 17.4 Å². The molecule has 1 saturated heterocycles. The maximum absolute atomic E-state index is 12.9. The zero-order valence-corrected chi connectivity index (χ0v) is 16.6. The Hall–Kier alpha value is -3.00. The first kappa shape index (κ1) is 19.8. The minimum Gasteiger partial charge on any atom is -0.507 e. The molecule has 1 atom stereocenters. The number of ketones is 1. The molecule has 28 heavy (non-hydrogen) atoms. The SMILES string of the molecule is Cc1n[nH]c(C)c1C(O)=C1C(=O)C(=O)N(CCCN(C)C)C1c1ccccn1. The number of carbonyl (C=O) groups is 2. The number of rotatable bonds is 6. The Labute approximate surface area is 163 Å². The van der Waals surface area contributed by atoms with Crippen molar-refractivity contribution in [3.63, 3.8) is 0 Å². The number of aromatic nitrogens is 3. The van der Waals surface area contributed by atoms with E-state index in [0.29, 0.717) is 35.6 Å². The van der Waals surface area contributed by atoms with E-state index in [1.165, 1.54) is 4.90 Å². The van der Waals surface area contributed by atoms with Gasteiger partial charge in [0.05, 0.1) is 22.5 Å². The molecule has 0 aliphatic carbocycles. The monoisotopic (exact) mass is 383 g/mol. The number of hydrogen-bond donors (Lipinski definition) is 2. The molecule has 0 aromatic carbocycles. The second-order valence-electron chi connectivity index (χ2n) is 7.21. The first-order valence-corrected chi connectivity index (χ1v) is 9.19. The third-order valence-electron chi connectivity index (χ3n) is 4.88. The van der Waals surface area contributed by atoms with Gasteiger partial charge >= 0.3 is 0 Å². The summed E-state index contributed by atoms with van der Waals surface area (Å²) in [5, 5.41) is 17.9. The number of aliphatic hydroxyl groups is 1. The van der Waals surface area contributed by atoms with Crippen molar-refractivity contribution in [1.29, 1.82) is 0 Å². The molecule has 3 heterocycles. The minimum absolute atomic E-state index is 0.0566. The summed E-state index contributed by atoms with van der Waals surface area (Å²) >= 11 is 0. The van der Waals surface area contributed by atoms with Crippen LogP contribution < -0.4 is 0 Å². The van der Waals surface area contributed by atoms with Crippen molar-refractivity contribution in [3.05, 3.63) is 52.6 Å². The van der Waals surface area contributed by atoms with Gasteiger partial charge in [0.1, 0.15) is 11.8 Å². The average molecular weight is 383 g/mol. The van der Waals surface area contributed by atoms with Gasteiger partial charge in [-0.15, -0.1) is 0 Å². The maximum Gasteiger partial charge on any atom is 0.295 e. The summed E-state index contributed by atoms with van der Waals surface area (Å²) in [5.41, 5.74) is 2.25. The summed E-state index contributed by atoms with van der Waals surface area (Å²) in [6.07, 6.45) is 2.32. The number of hydrogen-bond acceptors (Lipinski definition) is 6. The Balaban J connectivity index is 2.10. The molecular weight excluding hydrogens is 358 g/mol. The number of H-pyrrole nitrogens is 1. The molecule has 2 aromatic rings. The van der Waals surface area contributed by atoms with Crippen molar-refractivity contribution in [2.24, 2.45) is 0 Å². The quantitative estimate of drug-likeness (QED) is 0.448. The molecule has 8 nitrogen and oxygen atoms in total. The number of carbonyl (C=O) groups excluding carboxylic acids is 2. The number of amides is 1. The highest BCUT2D eigenvalue weighted by Gasteiger charge is 2.46. The molecular formula is C20H25N5O3. The molecule has 1 aliphatic rings. The molecule has 148 valence electrons. The smallest absolute Gasteiger partial charge is 0.295 e. The van der Waals surface area contributed by atoms with Crippen molar-refractivity contribution < 1.29 is 14.7 Å². The maximum atomic E-state index is 12.9. The fraction of sp³-hybridized carbons (Fsp3) is 0.400. The summed E-state index contributed by atoms with van der Waals surface area (Å²) in [7, 11) is 3.91. The molecule has 1 fully saturated rings. The highest BCUT2D eigenvalue weighted by atomic mass is 16.3. The molecule has 1 amide bonds. The van der Waals surface area contributed by atoms with Crippen molar-refractivity contribution in [2.45, 2.75) is 26.3 Å². The molecule has 1 unspecified atom stereocenters. The van der Waals surface area contributed by atoms with E-state index in [2.05, 4.69) is 15.2 Å². The van der Waals surface area contributed by atoms with Gasteiger partial charge in [0.25, 0.3) is 11.7 Å². The first-order chi connectivity index (χ1) is 13.3. The van der Waals surface area contributed by atoms with Crippen LogP contribution in [0.2, 0.25) is 0 Å². The highest BCUT2D eigenvalue weighted by molar-refractivity contribution is 6.46. The third-order valence-corrected chi connectivity index (χ3v) is 4.88. The highest BCUT2D eigenvalue weighted by Crippen LogP contribution is 2.39. The Kier molecular flexibility index (Phi) is 5.60. The van der Waals surface area contributed by atoms with Gasteiger partial charge in [-0.05, 0) is 53.0 Å². The Morgan fingerprint density at radius 2 is 2.04 bits per heavy atom. The number of pyridine rings is 1. The molecule has 2 aromatic heterocycles. The van der Waals surface area contributed by atoms with Gasteiger partial charge < -0.3 is 14.9 Å². The van der Waals surface area contributed by atoms with Crippen molar-refractivity contribution in [2.75, 3.05) is 27.2 Å².